The van der Waals surface area contributed by atoms with Crippen LogP contribution in [0.4, 0.5) is 0 Å². The van der Waals surface area contributed by atoms with Crippen LogP contribution in [0.3, 0.4) is 0 Å². The van der Waals surface area contributed by atoms with Gasteiger partial charge in [-0.25, -0.2) is 0 Å². The van der Waals surface area contributed by atoms with Crippen molar-refractivity contribution in [2.75, 3.05) is 13.2 Å². The van der Waals surface area contributed by atoms with Crippen molar-refractivity contribution in [2.24, 2.45) is 5.11 Å². The van der Waals surface area contributed by atoms with Crippen molar-refractivity contribution < 1.29 is 42.9 Å². The fraction of sp³-hybridized carbons (Fsp3) is 0.818. The Balaban J connectivity index is 2.00. The molecule has 0 bridgehead atoms. The normalized spacial score (nSPS) is 26.0. The van der Waals surface area contributed by atoms with E-state index in [1.54, 1.807) is 0 Å². The van der Waals surface area contributed by atoms with E-state index in [2.05, 4.69) is 15.3 Å². The molecular weight excluding hydrogens is 464 g/mol. The Morgan fingerprint density at radius 2 is 1.69 bits per heavy atom. The highest BCUT2D eigenvalue weighted by Crippen LogP contribution is 2.28. The zero-order valence-corrected chi connectivity index (χ0v) is 20.3. The van der Waals surface area contributed by atoms with Crippen LogP contribution in [0.5, 0.6) is 0 Å². The maximum atomic E-state index is 11.9. The number of ether oxygens (including phenoxy) is 5. The fourth-order valence-corrected chi connectivity index (χ4v) is 3.84. The summed E-state index contributed by atoms with van der Waals surface area (Å²) in [4.78, 5) is 49.9. The summed E-state index contributed by atoms with van der Waals surface area (Å²) in [7, 11) is 0. The van der Waals surface area contributed by atoms with E-state index in [1.807, 2.05) is 0 Å². The average molecular weight is 499 g/mol. The van der Waals surface area contributed by atoms with Crippen molar-refractivity contribution in [1.82, 2.24) is 5.32 Å². The number of azide groups is 1. The number of hydrogen-bond donors (Lipinski definition) is 1. The predicted molar refractivity (Wildman–Crippen MR) is 120 cm³/mol. The Labute approximate surface area is 203 Å². The summed E-state index contributed by atoms with van der Waals surface area (Å²) in [6, 6.07) is -0.986. The molecule has 0 spiro atoms. The Morgan fingerprint density at radius 3 is 2.26 bits per heavy atom. The smallest absolute Gasteiger partial charge is 0.306 e. The second-order valence-corrected chi connectivity index (χ2v) is 8.55. The Morgan fingerprint density at radius 1 is 1.00 bits per heavy atom. The lowest BCUT2D eigenvalue weighted by molar-refractivity contribution is -0.269. The van der Waals surface area contributed by atoms with Gasteiger partial charge in [0.1, 0.15) is 18.2 Å². The van der Waals surface area contributed by atoms with Gasteiger partial charge < -0.3 is 29.0 Å². The topological polar surface area (TPSA) is 175 Å². The molecule has 2 fully saturated rings. The molecule has 2 rings (SSSR count). The van der Waals surface area contributed by atoms with Gasteiger partial charge in [0.2, 0.25) is 5.91 Å². The van der Waals surface area contributed by atoms with Crippen molar-refractivity contribution in [3.8, 4) is 0 Å². The molecule has 35 heavy (non-hydrogen) atoms. The van der Waals surface area contributed by atoms with Crippen LogP contribution in [0.15, 0.2) is 5.11 Å². The second kappa shape index (κ2) is 14.5. The number of esters is 3. The van der Waals surface area contributed by atoms with Crippen molar-refractivity contribution in [1.29, 1.82) is 0 Å². The van der Waals surface area contributed by atoms with Crippen molar-refractivity contribution in [2.45, 2.75) is 102 Å². The minimum absolute atomic E-state index is 0.0688. The number of rotatable bonds is 13. The van der Waals surface area contributed by atoms with Gasteiger partial charge in [-0.3, -0.25) is 19.2 Å². The molecule has 1 N–H and O–H groups in total. The maximum absolute atomic E-state index is 11.9. The monoisotopic (exact) mass is 498 g/mol. The molecule has 1 amide bonds. The van der Waals surface area contributed by atoms with Crippen LogP contribution in [-0.2, 0) is 42.9 Å². The predicted octanol–water partition coefficient (Wildman–Crippen LogP) is 2.06. The number of carbonyl (C=O) groups excluding carboxylic acids is 4. The summed E-state index contributed by atoms with van der Waals surface area (Å²) in [5, 5.41) is 6.13. The molecule has 1 aliphatic heterocycles. The molecule has 0 aromatic heterocycles. The highest BCUT2D eigenvalue weighted by atomic mass is 16.7. The molecule has 1 saturated heterocycles. The van der Waals surface area contributed by atoms with Crippen molar-refractivity contribution in [3.63, 3.8) is 0 Å². The maximum Gasteiger partial charge on any atom is 0.306 e. The first kappa shape index (κ1) is 28.3. The summed E-state index contributed by atoms with van der Waals surface area (Å²) in [6.45, 7) is 3.63. The first-order valence-corrected chi connectivity index (χ1v) is 11.8. The first-order chi connectivity index (χ1) is 16.7. The van der Waals surface area contributed by atoms with Crippen LogP contribution < -0.4 is 5.32 Å². The van der Waals surface area contributed by atoms with Gasteiger partial charge in [0.05, 0.1) is 6.54 Å². The largest absolute Gasteiger partial charge is 0.462 e. The zero-order valence-electron chi connectivity index (χ0n) is 20.3. The molecule has 1 heterocycles. The number of carbonyl (C=O) groups is 4. The number of hydrogen-bond acceptors (Lipinski definition) is 10. The van der Waals surface area contributed by atoms with E-state index in [1.165, 1.54) is 20.8 Å². The molecular formula is C22H34N4O9. The molecule has 2 aliphatic rings. The molecule has 5 unspecified atom stereocenters. The average Bonchev–Trinajstić information content (AvgIpc) is 2.74. The van der Waals surface area contributed by atoms with Crippen LogP contribution in [-0.4, -0.2) is 73.7 Å². The number of unbranched alkanes of at least 4 members (excludes halogenated alkanes) is 2. The molecule has 13 nitrogen and oxygen atoms in total. The summed E-state index contributed by atoms with van der Waals surface area (Å²) in [5.74, 6) is -1.97. The summed E-state index contributed by atoms with van der Waals surface area (Å²) < 4.78 is 27.8. The van der Waals surface area contributed by atoms with Gasteiger partial charge in [-0.15, -0.1) is 0 Å². The molecule has 196 valence electrons. The summed E-state index contributed by atoms with van der Waals surface area (Å²) in [5.41, 5.74) is 8.73. The fourth-order valence-electron chi connectivity index (χ4n) is 3.84. The van der Waals surface area contributed by atoms with E-state index in [0.717, 1.165) is 19.3 Å². The number of nitrogens with one attached hydrogen (secondary N) is 1. The van der Waals surface area contributed by atoms with Crippen molar-refractivity contribution >= 4 is 23.8 Å². The zero-order chi connectivity index (χ0) is 25.8. The van der Waals surface area contributed by atoms with Crippen molar-refractivity contribution in [3.05, 3.63) is 10.4 Å². The highest BCUT2D eigenvalue weighted by Gasteiger charge is 2.50. The van der Waals surface area contributed by atoms with Gasteiger partial charge in [-0.2, -0.15) is 0 Å². The van der Waals surface area contributed by atoms with Crippen LogP contribution in [0.2, 0.25) is 0 Å². The quantitative estimate of drug-likeness (QED) is 0.0994. The van der Waals surface area contributed by atoms with Crippen LogP contribution >= 0.6 is 0 Å². The van der Waals surface area contributed by atoms with Gasteiger partial charge in [-0.05, 0) is 37.6 Å². The molecule has 5 atom stereocenters. The van der Waals surface area contributed by atoms with Crippen LogP contribution in [0.25, 0.3) is 10.4 Å². The molecule has 1 saturated carbocycles. The molecule has 0 radical (unpaired) electrons. The summed E-state index contributed by atoms with van der Waals surface area (Å²) >= 11 is 0. The Hall–Kier alpha value is -2.89. The Bertz CT molecular complexity index is 798. The van der Waals surface area contributed by atoms with Crippen LogP contribution in [0.1, 0.15) is 65.7 Å². The van der Waals surface area contributed by atoms with Gasteiger partial charge >= 0.3 is 17.9 Å². The number of amides is 1. The number of nitrogens with zero attached hydrogens (tertiary/aromatic N) is 3. The lowest BCUT2D eigenvalue weighted by Crippen LogP contribution is -2.66. The standard InChI is InChI=1S/C22H34N4O9/c1-13(27)25-19-21(33-15(3)29)20(32-14(2)28)17(12-24-26-23)35-22(19)31-11-6-4-5-10-18(30)34-16-8-7-9-16/h16-17,19-22H,4-12H2,1-3H3,(H,25,27). The van der Waals surface area contributed by atoms with Gasteiger partial charge in [0.15, 0.2) is 18.5 Å². The third-order valence-corrected chi connectivity index (χ3v) is 5.60. The third kappa shape index (κ3) is 9.71. The minimum Gasteiger partial charge on any atom is -0.462 e. The van der Waals surface area contributed by atoms with Gasteiger partial charge in [0, 0.05) is 38.7 Å². The Kier molecular flexibility index (Phi) is 11.7. The lowest BCUT2D eigenvalue weighted by atomic mass is 9.95. The minimum atomic E-state index is -1.14. The van der Waals surface area contributed by atoms with E-state index in [-0.39, 0.29) is 25.2 Å². The summed E-state index contributed by atoms with van der Waals surface area (Å²) in [6.07, 6.45) is 0.970. The van der Waals surface area contributed by atoms with E-state index in [0.29, 0.717) is 25.7 Å². The van der Waals surface area contributed by atoms with E-state index in [9.17, 15) is 19.2 Å². The molecule has 0 aromatic rings. The van der Waals surface area contributed by atoms with E-state index >= 15 is 0 Å². The molecule has 1 aliphatic carbocycles. The van der Waals surface area contributed by atoms with Gasteiger partial charge in [0.25, 0.3) is 0 Å². The molecule has 13 heteroatoms. The van der Waals surface area contributed by atoms with E-state index in [4.69, 9.17) is 29.2 Å². The third-order valence-electron chi connectivity index (χ3n) is 5.60. The molecule has 0 aromatic carbocycles. The lowest BCUT2D eigenvalue weighted by Gasteiger charge is -2.45. The first-order valence-electron chi connectivity index (χ1n) is 11.8. The van der Waals surface area contributed by atoms with E-state index < -0.39 is 48.5 Å². The van der Waals surface area contributed by atoms with Crippen LogP contribution in [0, 0.1) is 0 Å². The second-order valence-electron chi connectivity index (χ2n) is 8.55. The van der Waals surface area contributed by atoms with Gasteiger partial charge in [-0.1, -0.05) is 11.5 Å². The SMILES string of the molecule is CC(=O)NC1C(OCCCCCC(=O)OC2CCC2)OC(CN=[N+]=[N-])C(OC(C)=O)C1OC(C)=O. The highest BCUT2D eigenvalue weighted by molar-refractivity contribution is 5.73.